The molecule has 0 bridgehead atoms. The van der Waals surface area contributed by atoms with E-state index in [1.807, 2.05) is 0 Å². The summed E-state index contributed by atoms with van der Waals surface area (Å²) in [6.45, 7) is 0. The molecule has 0 fully saturated rings. The molecule has 0 atom stereocenters. The SMILES string of the molecule is O=C(Nc1ccc(Cl)c(O)c1)c1ccc(F)c(Cl)c1. The summed E-state index contributed by atoms with van der Waals surface area (Å²) < 4.78 is 13.0. The van der Waals surface area contributed by atoms with Crippen molar-refractivity contribution in [3.63, 3.8) is 0 Å². The minimum Gasteiger partial charge on any atom is -0.506 e. The number of hydrogen-bond acceptors (Lipinski definition) is 2. The Labute approximate surface area is 118 Å². The molecule has 2 rings (SSSR count). The molecule has 1 amide bonds. The minimum atomic E-state index is -0.595. The topological polar surface area (TPSA) is 49.3 Å². The Hall–Kier alpha value is -1.78. The third-order valence-electron chi connectivity index (χ3n) is 2.39. The maximum atomic E-state index is 13.0. The molecule has 0 aliphatic rings. The molecule has 0 radical (unpaired) electrons. The van der Waals surface area contributed by atoms with E-state index in [0.29, 0.717) is 5.69 Å². The van der Waals surface area contributed by atoms with E-state index in [-0.39, 0.29) is 21.4 Å². The lowest BCUT2D eigenvalue weighted by Gasteiger charge is -2.07. The molecular formula is C13H8Cl2FNO2. The summed E-state index contributed by atoms with van der Waals surface area (Å²) in [5, 5.41) is 12.0. The summed E-state index contributed by atoms with van der Waals surface area (Å²) in [4.78, 5) is 11.9. The van der Waals surface area contributed by atoms with E-state index < -0.39 is 11.7 Å². The third kappa shape index (κ3) is 3.16. The van der Waals surface area contributed by atoms with Gasteiger partial charge in [-0.1, -0.05) is 23.2 Å². The Balaban J connectivity index is 2.20. The van der Waals surface area contributed by atoms with Crippen molar-refractivity contribution in [2.75, 3.05) is 5.32 Å². The highest BCUT2D eigenvalue weighted by molar-refractivity contribution is 6.32. The number of halogens is 3. The van der Waals surface area contributed by atoms with Crippen LogP contribution in [0.25, 0.3) is 0 Å². The predicted molar refractivity (Wildman–Crippen MR) is 72.5 cm³/mol. The molecule has 2 aromatic carbocycles. The largest absolute Gasteiger partial charge is 0.506 e. The lowest BCUT2D eigenvalue weighted by molar-refractivity contribution is 0.102. The molecule has 6 heteroatoms. The molecule has 0 saturated carbocycles. The number of hydrogen-bond donors (Lipinski definition) is 2. The number of nitrogens with one attached hydrogen (secondary N) is 1. The summed E-state index contributed by atoms with van der Waals surface area (Å²) in [6.07, 6.45) is 0. The quantitative estimate of drug-likeness (QED) is 0.877. The van der Waals surface area contributed by atoms with Crippen LogP contribution >= 0.6 is 23.2 Å². The molecule has 0 aliphatic carbocycles. The van der Waals surface area contributed by atoms with E-state index >= 15 is 0 Å². The second kappa shape index (κ2) is 5.47. The van der Waals surface area contributed by atoms with Crippen LogP contribution in [0.4, 0.5) is 10.1 Å². The van der Waals surface area contributed by atoms with Crippen LogP contribution in [0.3, 0.4) is 0 Å². The van der Waals surface area contributed by atoms with Gasteiger partial charge in [-0.3, -0.25) is 4.79 Å². The highest BCUT2D eigenvalue weighted by Gasteiger charge is 2.10. The second-order valence-electron chi connectivity index (χ2n) is 3.75. The smallest absolute Gasteiger partial charge is 0.255 e. The van der Waals surface area contributed by atoms with Gasteiger partial charge in [0.15, 0.2) is 0 Å². The number of phenolic OH excluding ortho intramolecular Hbond substituents is 1. The number of aromatic hydroxyl groups is 1. The minimum absolute atomic E-state index is 0.133. The molecular weight excluding hydrogens is 292 g/mol. The molecule has 0 aliphatic heterocycles. The number of benzene rings is 2. The highest BCUT2D eigenvalue weighted by Crippen LogP contribution is 2.26. The van der Waals surface area contributed by atoms with Crippen molar-refractivity contribution >= 4 is 34.8 Å². The standard InChI is InChI=1S/C13H8Cl2FNO2/c14-9-3-2-8(6-12(9)18)17-13(19)7-1-4-11(16)10(15)5-7/h1-6,18H,(H,17,19). The van der Waals surface area contributed by atoms with Crippen LogP contribution < -0.4 is 5.32 Å². The summed E-state index contributed by atoms with van der Waals surface area (Å²) in [5.74, 6) is -1.21. The number of carbonyl (C=O) groups excluding carboxylic acids is 1. The van der Waals surface area contributed by atoms with Gasteiger partial charge in [-0.25, -0.2) is 4.39 Å². The average Bonchev–Trinajstić information content (AvgIpc) is 2.37. The monoisotopic (exact) mass is 299 g/mol. The van der Waals surface area contributed by atoms with E-state index in [0.717, 1.165) is 6.07 Å². The van der Waals surface area contributed by atoms with Crippen molar-refractivity contribution in [3.05, 3.63) is 57.8 Å². The Morgan fingerprint density at radius 2 is 1.84 bits per heavy atom. The molecule has 0 heterocycles. The van der Waals surface area contributed by atoms with Gasteiger partial charge in [0.2, 0.25) is 0 Å². The van der Waals surface area contributed by atoms with Crippen LogP contribution in [0, 0.1) is 5.82 Å². The molecule has 0 aromatic heterocycles. The van der Waals surface area contributed by atoms with E-state index in [2.05, 4.69) is 5.32 Å². The predicted octanol–water partition coefficient (Wildman–Crippen LogP) is 4.09. The first-order valence-electron chi connectivity index (χ1n) is 5.22. The maximum Gasteiger partial charge on any atom is 0.255 e. The second-order valence-corrected chi connectivity index (χ2v) is 4.56. The first kappa shape index (κ1) is 13.6. The zero-order chi connectivity index (χ0) is 14.0. The van der Waals surface area contributed by atoms with E-state index in [9.17, 15) is 14.3 Å². The van der Waals surface area contributed by atoms with Crippen LogP contribution in [-0.2, 0) is 0 Å². The zero-order valence-corrected chi connectivity index (χ0v) is 11.0. The fourth-order valence-corrected chi connectivity index (χ4v) is 1.73. The number of phenols is 1. The van der Waals surface area contributed by atoms with Crippen LogP contribution in [0.15, 0.2) is 36.4 Å². The number of anilines is 1. The van der Waals surface area contributed by atoms with Gasteiger partial charge in [-0.05, 0) is 30.3 Å². The van der Waals surface area contributed by atoms with Gasteiger partial charge < -0.3 is 10.4 Å². The molecule has 0 saturated heterocycles. The van der Waals surface area contributed by atoms with E-state index in [1.165, 1.54) is 30.3 Å². The number of amides is 1. The average molecular weight is 300 g/mol. The highest BCUT2D eigenvalue weighted by atomic mass is 35.5. The molecule has 19 heavy (non-hydrogen) atoms. The number of carbonyl (C=O) groups is 1. The molecule has 2 N–H and O–H groups in total. The summed E-state index contributed by atoms with van der Waals surface area (Å²) in [5.41, 5.74) is 0.577. The number of rotatable bonds is 2. The summed E-state index contributed by atoms with van der Waals surface area (Å²) >= 11 is 11.2. The van der Waals surface area contributed by atoms with E-state index in [4.69, 9.17) is 23.2 Å². The lowest BCUT2D eigenvalue weighted by Crippen LogP contribution is -2.11. The van der Waals surface area contributed by atoms with Gasteiger partial charge in [-0.2, -0.15) is 0 Å². The van der Waals surface area contributed by atoms with Crippen LogP contribution in [0.2, 0.25) is 10.0 Å². The summed E-state index contributed by atoms with van der Waals surface area (Å²) in [7, 11) is 0. The van der Waals surface area contributed by atoms with Gasteiger partial charge in [0, 0.05) is 17.3 Å². The van der Waals surface area contributed by atoms with Gasteiger partial charge in [0.25, 0.3) is 5.91 Å². The van der Waals surface area contributed by atoms with Crippen molar-refractivity contribution in [1.82, 2.24) is 0 Å². The van der Waals surface area contributed by atoms with E-state index in [1.54, 1.807) is 0 Å². The van der Waals surface area contributed by atoms with Crippen LogP contribution in [-0.4, -0.2) is 11.0 Å². The molecule has 98 valence electrons. The van der Waals surface area contributed by atoms with Crippen molar-refractivity contribution < 1.29 is 14.3 Å². The normalized spacial score (nSPS) is 10.3. The fraction of sp³-hybridized carbons (Fsp3) is 0. The Kier molecular flexibility index (Phi) is 3.93. The first-order chi connectivity index (χ1) is 8.97. The van der Waals surface area contributed by atoms with Crippen molar-refractivity contribution in [2.45, 2.75) is 0 Å². The van der Waals surface area contributed by atoms with Crippen LogP contribution in [0.1, 0.15) is 10.4 Å². The maximum absolute atomic E-state index is 13.0. The molecule has 3 nitrogen and oxygen atoms in total. The summed E-state index contributed by atoms with van der Waals surface area (Å²) in [6, 6.07) is 7.94. The first-order valence-corrected chi connectivity index (χ1v) is 5.98. The Morgan fingerprint density at radius 1 is 1.11 bits per heavy atom. The third-order valence-corrected chi connectivity index (χ3v) is 3.00. The van der Waals surface area contributed by atoms with Gasteiger partial charge in [-0.15, -0.1) is 0 Å². The van der Waals surface area contributed by atoms with Gasteiger partial charge in [0.05, 0.1) is 10.0 Å². The van der Waals surface area contributed by atoms with Crippen molar-refractivity contribution in [1.29, 1.82) is 0 Å². The van der Waals surface area contributed by atoms with Crippen molar-refractivity contribution in [2.24, 2.45) is 0 Å². The van der Waals surface area contributed by atoms with Gasteiger partial charge >= 0.3 is 0 Å². The van der Waals surface area contributed by atoms with Gasteiger partial charge in [0.1, 0.15) is 11.6 Å². The van der Waals surface area contributed by atoms with Crippen LogP contribution in [0.5, 0.6) is 5.75 Å². The zero-order valence-electron chi connectivity index (χ0n) is 9.45. The Bertz CT molecular complexity index is 647. The molecule has 0 spiro atoms. The van der Waals surface area contributed by atoms with Crippen molar-refractivity contribution in [3.8, 4) is 5.75 Å². The molecule has 0 unspecified atom stereocenters. The Morgan fingerprint density at radius 3 is 2.47 bits per heavy atom. The lowest BCUT2D eigenvalue weighted by atomic mass is 10.2. The fourth-order valence-electron chi connectivity index (χ4n) is 1.43. The molecule has 2 aromatic rings.